The molecule has 0 amide bonds. The Bertz CT molecular complexity index is 573. The van der Waals surface area contributed by atoms with Crippen molar-refractivity contribution in [3.63, 3.8) is 0 Å². The summed E-state index contributed by atoms with van der Waals surface area (Å²) in [6.45, 7) is 3.33. The van der Waals surface area contributed by atoms with Gasteiger partial charge >= 0.3 is 0 Å². The van der Waals surface area contributed by atoms with Crippen molar-refractivity contribution in [2.75, 3.05) is 11.9 Å². The molecule has 1 fully saturated rings. The van der Waals surface area contributed by atoms with E-state index in [1.54, 1.807) is 12.1 Å². The average molecular weight is 292 g/mol. The van der Waals surface area contributed by atoms with Crippen molar-refractivity contribution in [3.8, 4) is 0 Å². The minimum atomic E-state index is -0.191. The van der Waals surface area contributed by atoms with Crippen molar-refractivity contribution in [1.82, 2.24) is 4.98 Å². The van der Waals surface area contributed by atoms with E-state index in [0.717, 1.165) is 33.7 Å². The van der Waals surface area contributed by atoms with Gasteiger partial charge in [0, 0.05) is 6.54 Å². The van der Waals surface area contributed by atoms with Crippen LogP contribution in [0.15, 0.2) is 18.2 Å². The largest absolute Gasteiger partial charge is 0.361 e. The van der Waals surface area contributed by atoms with Gasteiger partial charge in [0.1, 0.15) is 5.82 Å². The number of benzene rings is 1. The smallest absolute Gasteiger partial charge is 0.183 e. The lowest BCUT2D eigenvalue weighted by Crippen LogP contribution is -2.15. The van der Waals surface area contributed by atoms with Crippen molar-refractivity contribution in [1.29, 1.82) is 0 Å². The van der Waals surface area contributed by atoms with Crippen LogP contribution in [0, 0.1) is 17.7 Å². The monoisotopic (exact) mass is 292 g/mol. The van der Waals surface area contributed by atoms with E-state index in [1.807, 2.05) is 0 Å². The number of nitrogens with one attached hydrogen (secondary N) is 1. The molecule has 1 heterocycles. The topological polar surface area (TPSA) is 24.9 Å². The number of rotatable bonds is 4. The Kier molecular flexibility index (Phi) is 4.20. The molecule has 1 N–H and O–H groups in total. The van der Waals surface area contributed by atoms with Gasteiger partial charge in [-0.1, -0.05) is 43.9 Å². The Balaban J connectivity index is 1.52. The highest BCUT2D eigenvalue weighted by atomic mass is 32.1. The van der Waals surface area contributed by atoms with Crippen LogP contribution in [0.25, 0.3) is 10.2 Å². The number of nitrogens with zero attached hydrogens (tertiary/aromatic N) is 1. The number of hydrogen-bond donors (Lipinski definition) is 1. The van der Waals surface area contributed by atoms with Gasteiger partial charge in [-0.3, -0.25) is 0 Å². The third-order valence-electron chi connectivity index (χ3n) is 4.31. The average Bonchev–Trinajstić information content (AvgIpc) is 2.83. The van der Waals surface area contributed by atoms with Gasteiger partial charge in [-0.15, -0.1) is 0 Å². The highest BCUT2D eigenvalue weighted by Crippen LogP contribution is 2.31. The van der Waals surface area contributed by atoms with Crippen molar-refractivity contribution >= 4 is 26.7 Å². The molecular formula is C16H21FN2S. The Hall–Kier alpha value is -1.16. The van der Waals surface area contributed by atoms with Gasteiger partial charge in [0.2, 0.25) is 0 Å². The molecule has 1 aliphatic rings. The Morgan fingerprint density at radius 1 is 1.30 bits per heavy atom. The Morgan fingerprint density at radius 3 is 2.90 bits per heavy atom. The maximum absolute atomic E-state index is 13.1. The van der Waals surface area contributed by atoms with Gasteiger partial charge in [0.05, 0.1) is 10.2 Å². The van der Waals surface area contributed by atoms with Crippen molar-refractivity contribution in [3.05, 3.63) is 24.0 Å². The minimum absolute atomic E-state index is 0.191. The van der Waals surface area contributed by atoms with Crippen LogP contribution in [-0.2, 0) is 0 Å². The van der Waals surface area contributed by atoms with Gasteiger partial charge in [-0.05, 0) is 36.5 Å². The number of thiazole rings is 1. The number of halogens is 1. The van der Waals surface area contributed by atoms with Gasteiger partial charge in [0.25, 0.3) is 0 Å². The number of aromatic nitrogens is 1. The molecule has 0 saturated heterocycles. The molecule has 4 heteroatoms. The molecule has 0 spiro atoms. The van der Waals surface area contributed by atoms with E-state index in [9.17, 15) is 4.39 Å². The predicted octanol–water partition coefficient (Wildman–Crippen LogP) is 5.06. The van der Waals surface area contributed by atoms with E-state index < -0.39 is 0 Å². The number of hydrogen-bond acceptors (Lipinski definition) is 3. The summed E-state index contributed by atoms with van der Waals surface area (Å²) in [6, 6.07) is 4.77. The zero-order valence-electron chi connectivity index (χ0n) is 11.9. The fraction of sp³-hybridized carbons (Fsp3) is 0.562. The molecule has 1 aliphatic carbocycles. The van der Waals surface area contributed by atoms with Crippen LogP contribution in [0.1, 0.15) is 39.0 Å². The normalized spacial score (nSPS) is 23.1. The molecule has 0 unspecified atom stereocenters. The molecule has 2 aromatic rings. The van der Waals surface area contributed by atoms with Crippen LogP contribution < -0.4 is 5.32 Å². The third-order valence-corrected chi connectivity index (χ3v) is 5.29. The lowest BCUT2D eigenvalue weighted by atomic mass is 9.81. The zero-order chi connectivity index (χ0) is 13.9. The Labute approximate surface area is 123 Å². The summed E-state index contributed by atoms with van der Waals surface area (Å²) in [5.41, 5.74) is 0.880. The summed E-state index contributed by atoms with van der Waals surface area (Å²) >= 11 is 1.54. The minimum Gasteiger partial charge on any atom is -0.361 e. The summed E-state index contributed by atoms with van der Waals surface area (Å²) in [6.07, 6.45) is 6.72. The van der Waals surface area contributed by atoms with Crippen LogP contribution in [0.3, 0.4) is 0 Å². The first-order valence-electron chi connectivity index (χ1n) is 7.50. The van der Waals surface area contributed by atoms with Gasteiger partial charge in [-0.25, -0.2) is 9.37 Å². The molecule has 0 aliphatic heterocycles. The molecule has 3 rings (SSSR count). The fourth-order valence-corrected chi connectivity index (χ4v) is 3.89. The summed E-state index contributed by atoms with van der Waals surface area (Å²) in [7, 11) is 0. The van der Waals surface area contributed by atoms with Gasteiger partial charge < -0.3 is 5.32 Å². The number of fused-ring (bicyclic) bond motifs is 1. The van der Waals surface area contributed by atoms with Crippen molar-refractivity contribution in [2.45, 2.75) is 39.0 Å². The highest BCUT2D eigenvalue weighted by Gasteiger charge is 2.17. The van der Waals surface area contributed by atoms with Crippen molar-refractivity contribution < 1.29 is 4.39 Å². The maximum atomic E-state index is 13.1. The number of anilines is 1. The maximum Gasteiger partial charge on any atom is 0.183 e. The molecule has 0 atom stereocenters. The second-order valence-electron chi connectivity index (χ2n) is 5.97. The van der Waals surface area contributed by atoms with Crippen LogP contribution in [-0.4, -0.2) is 11.5 Å². The predicted molar refractivity (Wildman–Crippen MR) is 83.8 cm³/mol. The zero-order valence-corrected chi connectivity index (χ0v) is 12.7. The first kappa shape index (κ1) is 13.8. The summed E-state index contributed by atoms with van der Waals surface area (Å²) in [5, 5.41) is 4.31. The lowest BCUT2D eigenvalue weighted by molar-refractivity contribution is 0.282. The van der Waals surface area contributed by atoms with E-state index in [1.165, 1.54) is 49.5 Å². The molecule has 1 saturated carbocycles. The Morgan fingerprint density at radius 2 is 2.10 bits per heavy atom. The quantitative estimate of drug-likeness (QED) is 0.851. The van der Waals surface area contributed by atoms with E-state index in [2.05, 4.69) is 17.2 Å². The fourth-order valence-electron chi connectivity index (χ4n) is 2.98. The molecule has 0 radical (unpaired) electrons. The van der Waals surface area contributed by atoms with Gasteiger partial charge in [0.15, 0.2) is 5.13 Å². The first-order chi connectivity index (χ1) is 9.70. The molecule has 0 bridgehead atoms. The van der Waals surface area contributed by atoms with Crippen LogP contribution >= 0.6 is 11.3 Å². The molecule has 2 nitrogen and oxygen atoms in total. The summed E-state index contributed by atoms with van der Waals surface area (Å²) in [5.74, 6) is 1.59. The molecule has 20 heavy (non-hydrogen) atoms. The molecular weight excluding hydrogens is 271 g/mol. The van der Waals surface area contributed by atoms with E-state index >= 15 is 0 Å². The highest BCUT2D eigenvalue weighted by molar-refractivity contribution is 7.22. The first-order valence-corrected chi connectivity index (χ1v) is 8.32. The second kappa shape index (κ2) is 6.08. The van der Waals surface area contributed by atoms with Crippen molar-refractivity contribution in [2.24, 2.45) is 11.8 Å². The third kappa shape index (κ3) is 3.29. The summed E-state index contributed by atoms with van der Waals surface area (Å²) in [4.78, 5) is 4.49. The summed E-state index contributed by atoms with van der Waals surface area (Å²) < 4.78 is 14.0. The SMILES string of the molecule is CC1CCC(CCNc2nc3ccc(F)cc3s2)CC1. The van der Waals surface area contributed by atoms with Gasteiger partial charge in [-0.2, -0.15) is 0 Å². The molecule has 108 valence electrons. The molecule has 1 aromatic carbocycles. The lowest BCUT2D eigenvalue weighted by Gasteiger charge is -2.26. The molecule has 1 aromatic heterocycles. The second-order valence-corrected chi connectivity index (χ2v) is 7.00. The van der Waals surface area contributed by atoms with E-state index in [4.69, 9.17) is 0 Å². The standard InChI is InChI=1S/C16H21FN2S/c1-11-2-4-12(5-3-11)8-9-18-16-19-14-7-6-13(17)10-15(14)20-16/h6-7,10-12H,2-5,8-9H2,1H3,(H,18,19). The van der Waals surface area contributed by atoms with Crippen LogP contribution in [0.4, 0.5) is 9.52 Å². The van der Waals surface area contributed by atoms with Crippen LogP contribution in [0.5, 0.6) is 0 Å². The van der Waals surface area contributed by atoms with E-state index in [-0.39, 0.29) is 5.82 Å². The van der Waals surface area contributed by atoms with Crippen LogP contribution in [0.2, 0.25) is 0 Å². The van der Waals surface area contributed by atoms with E-state index in [0.29, 0.717) is 0 Å².